The minimum Gasteiger partial charge on any atom is -0.0999 e. The molecular formula is C17H34. The van der Waals surface area contributed by atoms with Crippen molar-refractivity contribution < 1.29 is 0 Å². The number of hydrogen-bond acceptors (Lipinski definition) is 0. The molecule has 0 aromatic carbocycles. The molecule has 0 heteroatoms. The number of allylic oxidation sites excluding steroid dienone is 1. The third-order valence-electron chi connectivity index (χ3n) is 4.74. The summed E-state index contributed by atoms with van der Waals surface area (Å²) in [4.78, 5) is 0. The number of hydrogen-bond donors (Lipinski definition) is 0. The van der Waals surface area contributed by atoms with E-state index in [1.54, 1.807) is 0 Å². The summed E-state index contributed by atoms with van der Waals surface area (Å²) < 4.78 is 0. The van der Waals surface area contributed by atoms with Crippen LogP contribution in [0.25, 0.3) is 0 Å². The highest BCUT2D eigenvalue weighted by Crippen LogP contribution is 2.40. The molecule has 102 valence electrons. The molecule has 0 aliphatic rings. The van der Waals surface area contributed by atoms with Gasteiger partial charge in [0.05, 0.1) is 0 Å². The van der Waals surface area contributed by atoms with Crippen LogP contribution in [0.3, 0.4) is 0 Å². The van der Waals surface area contributed by atoms with Crippen molar-refractivity contribution in [2.24, 2.45) is 29.6 Å². The highest BCUT2D eigenvalue weighted by atomic mass is 14.4. The normalized spacial score (nSPS) is 17.2. The molecule has 3 atom stereocenters. The monoisotopic (exact) mass is 238 g/mol. The standard InChI is InChI=1S/C17H34/c1-9-15(10-2)16(11-3)17(13(6)7)14(8)12(4)5/h13-17H,4,9-11H2,1-3,5-8H3. The summed E-state index contributed by atoms with van der Waals surface area (Å²) in [5.74, 6) is 3.95. The maximum absolute atomic E-state index is 4.19. The Hall–Kier alpha value is -0.260. The van der Waals surface area contributed by atoms with E-state index >= 15 is 0 Å². The van der Waals surface area contributed by atoms with Crippen LogP contribution in [0.4, 0.5) is 0 Å². The molecule has 0 nitrogen and oxygen atoms in total. The predicted molar refractivity (Wildman–Crippen MR) is 80.2 cm³/mol. The van der Waals surface area contributed by atoms with Gasteiger partial charge in [0.1, 0.15) is 0 Å². The minimum absolute atomic E-state index is 0.653. The highest BCUT2D eigenvalue weighted by molar-refractivity contribution is 4.99. The second-order valence-corrected chi connectivity index (χ2v) is 6.11. The summed E-state index contributed by atoms with van der Waals surface area (Å²) in [7, 11) is 0. The molecule has 0 saturated heterocycles. The average Bonchev–Trinajstić information content (AvgIpc) is 2.27. The molecule has 0 radical (unpaired) electrons. The van der Waals surface area contributed by atoms with E-state index in [9.17, 15) is 0 Å². The molecule has 0 fully saturated rings. The van der Waals surface area contributed by atoms with E-state index in [-0.39, 0.29) is 0 Å². The highest BCUT2D eigenvalue weighted by Gasteiger charge is 2.32. The van der Waals surface area contributed by atoms with Crippen molar-refractivity contribution >= 4 is 0 Å². The third-order valence-corrected chi connectivity index (χ3v) is 4.74. The molecule has 0 aliphatic carbocycles. The van der Waals surface area contributed by atoms with E-state index in [0.29, 0.717) is 5.92 Å². The first kappa shape index (κ1) is 16.7. The second-order valence-electron chi connectivity index (χ2n) is 6.11. The lowest BCUT2D eigenvalue weighted by Crippen LogP contribution is -2.31. The topological polar surface area (TPSA) is 0 Å². The SMILES string of the molecule is C=C(C)C(C)C(C(C)C)C(CC)C(CC)CC. The van der Waals surface area contributed by atoms with Crippen LogP contribution in [0.5, 0.6) is 0 Å². The first-order chi connectivity index (χ1) is 7.90. The molecular weight excluding hydrogens is 204 g/mol. The van der Waals surface area contributed by atoms with Crippen LogP contribution >= 0.6 is 0 Å². The lowest BCUT2D eigenvalue weighted by Gasteiger charge is -2.39. The molecule has 17 heavy (non-hydrogen) atoms. The molecule has 0 N–H and O–H groups in total. The Morgan fingerprint density at radius 3 is 1.65 bits per heavy atom. The zero-order valence-electron chi connectivity index (χ0n) is 13.2. The molecule has 0 bridgehead atoms. The van der Waals surface area contributed by atoms with E-state index in [1.165, 1.54) is 24.8 Å². The van der Waals surface area contributed by atoms with Gasteiger partial charge >= 0.3 is 0 Å². The minimum atomic E-state index is 0.653. The van der Waals surface area contributed by atoms with Gasteiger partial charge in [-0.2, -0.15) is 0 Å². The van der Waals surface area contributed by atoms with Crippen molar-refractivity contribution in [3.8, 4) is 0 Å². The van der Waals surface area contributed by atoms with Gasteiger partial charge in [-0.05, 0) is 36.5 Å². The largest absolute Gasteiger partial charge is 0.0999 e. The first-order valence-electron chi connectivity index (χ1n) is 7.55. The Morgan fingerprint density at radius 1 is 0.941 bits per heavy atom. The average molecular weight is 238 g/mol. The van der Waals surface area contributed by atoms with E-state index in [2.05, 4.69) is 55.0 Å². The van der Waals surface area contributed by atoms with E-state index < -0.39 is 0 Å². The van der Waals surface area contributed by atoms with Crippen LogP contribution in [-0.2, 0) is 0 Å². The fourth-order valence-corrected chi connectivity index (χ4v) is 3.59. The smallest absolute Gasteiger partial charge is 0.0204 e. The van der Waals surface area contributed by atoms with Crippen LogP contribution in [0.15, 0.2) is 12.2 Å². The predicted octanol–water partition coefficient (Wildman–Crippen LogP) is 5.93. The Balaban J connectivity index is 5.05. The van der Waals surface area contributed by atoms with Crippen LogP contribution < -0.4 is 0 Å². The van der Waals surface area contributed by atoms with Crippen molar-refractivity contribution in [2.75, 3.05) is 0 Å². The van der Waals surface area contributed by atoms with Crippen LogP contribution in [0, 0.1) is 29.6 Å². The summed E-state index contributed by atoms with van der Waals surface area (Å²) in [6.07, 6.45) is 3.95. The molecule has 0 rings (SSSR count). The number of rotatable bonds is 8. The summed E-state index contributed by atoms with van der Waals surface area (Å²) in [6, 6.07) is 0. The van der Waals surface area contributed by atoms with E-state index in [0.717, 1.165) is 23.7 Å². The van der Waals surface area contributed by atoms with Crippen molar-refractivity contribution in [2.45, 2.75) is 67.7 Å². The van der Waals surface area contributed by atoms with Gasteiger partial charge in [0, 0.05) is 0 Å². The van der Waals surface area contributed by atoms with Gasteiger partial charge < -0.3 is 0 Å². The van der Waals surface area contributed by atoms with Crippen molar-refractivity contribution in [1.82, 2.24) is 0 Å². The van der Waals surface area contributed by atoms with Crippen molar-refractivity contribution in [3.63, 3.8) is 0 Å². The lowest BCUT2D eigenvalue weighted by atomic mass is 9.66. The van der Waals surface area contributed by atoms with Gasteiger partial charge in [-0.3, -0.25) is 0 Å². The third kappa shape index (κ3) is 4.48. The van der Waals surface area contributed by atoms with Gasteiger partial charge in [-0.25, -0.2) is 0 Å². The van der Waals surface area contributed by atoms with Gasteiger partial charge in [-0.15, -0.1) is 0 Å². The summed E-state index contributed by atoms with van der Waals surface area (Å²) >= 11 is 0. The Kier molecular flexibility index (Phi) is 7.83. The van der Waals surface area contributed by atoms with Gasteiger partial charge in [0.25, 0.3) is 0 Å². The molecule has 3 unspecified atom stereocenters. The zero-order chi connectivity index (χ0) is 13.6. The van der Waals surface area contributed by atoms with E-state index in [1.807, 2.05) is 0 Å². The molecule has 0 aromatic rings. The Bertz CT molecular complexity index is 210. The van der Waals surface area contributed by atoms with Crippen LogP contribution in [0.2, 0.25) is 0 Å². The molecule has 0 amide bonds. The maximum Gasteiger partial charge on any atom is -0.0204 e. The summed E-state index contributed by atoms with van der Waals surface area (Å²) in [5, 5.41) is 0. The molecule has 0 heterocycles. The fourth-order valence-electron chi connectivity index (χ4n) is 3.59. The second kappa shape index (κ2) is 7.95. The molecule has 0 aromatic heterocycles. The Morgan fingerprint density at radius 2 is 1.41 bits per heavy atom. The quantitative estimate of drug-likeness (QED) is 0.459. The van der Waals surface area contributed by atoms with E-state index in [4.69, 9.17) is 0 Å². The molecule has 0 aliphatic heterocycles. The molecule has 0 spiro atoms. The van der Waals surface area contributed by atoms with Gasteiger partial charge in [0.2, 0.25) is 0 Å². The van der Waals surface area contributed by atoms with Crippen LogP contribution in [-0.4, -0.2) is 0 Å². The fraction of sp³-hybridized carbons (Fsp3) is 0.882. The van der Waals surface area contributed by atoms with Crippen molar-refractivity contribution in [3.05, 3.63) is 12.2 Å². The maximum atomic E-state index is 4.19. The van der Waals surface area contributed by atoms with Gasteiger partial charge in [0.15, 0.2) is 0 Å². The lowest BCUT2D eigenvalue weighted by molar-refractivity contribution is 0.125. The Labute approximate surface area is 110 Å². The van der Waals surface area contributed by atoms with Crippen molar-refractivity contribution in [1.29, 1.82) is 0 Å². The van der Waals surface area contributed by atoms with Crippen LogP contribution in [0.1, 0.15) is 67.7 Å². The van der Waals surface area contributed by atoms with Gasteiger partial charge in [-0.1, -0.05) is 73.0 Å². The zero-order valence-corrected chi connectivity index (χ0v) is 13.2. The summed E-state index contributed by atoms with van der Waals surface area (Å²) in [6.45, 7) is 20.6. The summed E-state index contributed by atoms with van der Waals surface area (Å²) in [5.41, 5.74) is 1.35. The molecule has 0 saturated carbocycles. The first-order valence-corrected chi connectivity index (χ1v) is 7.55.